The van der Waals surface area contributed by atoms with Gasteiger partial charge in [-0.3, -0.25) is 14.5 Å². The van der Waals surface area contributed by atoms with E-state index in [-0.39, 0.29) is 17.9 Å². The average Bonchev–Trinajstić information content (AvgIpc) is 2.78. The highest BCUT2D eigenvalue weighted by atomic mass is 19.1. The molecule has 1 heterocycles. The predicted molar refractivity (Wildman–Crippen MR) is 122 cm³/mol. The number of ether oxygens (including phenoxy) is 1. The molecular weight excluding hydrogens is 428 g/mol. The lowest BCUT2D eigenvalue weighted by Crippen LogP contribution is -2.54. The summed E-state index contributed by atoms with van der Waals surface area (Å²) in [4.78, 5) is 27.7. The van der Waals surface area contributed by atoms with Gasteiger partial charge in [0.1, 0.15) is 29.0 Å². The van der Waals surface area contributed by atoms with Crippen LogP contribution in [0.4, 0.5) is 8.78 Å². The van der Waals surface area contributed by atoms with Gasteiger partial charge in [0.25, 0.3) is 5.91 Å². The van der Waals surface area contributed by atoms with Gasteiger partial charge in [-0.1, -0.05) is 38.1 Å². The summed E-state index contributed by atoms with van der Waals surface area (Å²) in [6.07, 6.45) is 1.53. The van der Waals surface area contributed by atoms with Gasteiger partial charge in [0.15, 0.2) is 0 Å². The van der Waals surface area contributed by atoms with Crippen LogP contribution < -0.4 is 15.4 Å². The van der Waals surface area contributed by atoms with E-state index in [0.29, 0.717) is 0 Å². The lowest BCUT2D eigenvalue weighted by atomic mass is 9.99. The first kappa shape index (κ1) is 24.6. The predicted octanol–water partition coefficient (Wildman–Crippen LogP) is 3.51. The summed E-state index contributed by atoms with van der Waals surface area (Å²) >= 11 is 0. The minimum Gasteiger partial charge on any atom is -0.496 e. The van der Waals surface area contributed by atoms with Crippen molar-refractivity contribution in [1.82, 2.24) is 15.5 Å². The van der Waals surface area contributed by atoms with Gasteiger partial charge in [0.05, 0.1) is 7.11 Å². The smallest absolute Gasteiger partial charge is 0.257 e. The van der Waals surface area contributed by atoms with Crippen molar-refractivity contribution in [2.75, 3.05) is 20.2 Å². The van der Waals surface area contributed by atoms with Crippen LogP contribution in [0.15, 0.2) is 42.5 Å². The number of carbonyl (C=O) groups excluding carboxylic acids is 2. The van der Waals surface area contributed by atoms with Crippen LogP contribution >= 0.6 is 0 Å². The molecule has 0 radical (unpaired) electrons. The lowest BCUT2D eigenvalue weighted by Gasteiger charge is -2.33. The summed E-state index contributed by atoms with van der Waals surface area (Å²) in [5.41, 5.74) is 0.436. The molecule has 3 rings (SSSR count). The van der Waals surface area contributed by atoms with Crippen LogP contribution in [-0.4, -0.2) is 49.0 Å². The molecule has 2 aromatic rings. The zero-order valence-electron chi connectivity index (χ0n) is 19.2. The molecule has 0 spiro atoms. The van der Waals surface area contributed by atoms with E-state index >= 15 is 0 Å². The van der Waals surface area contributed by atoms with Crippen molar-refractivity contribution < 1.29 is 23.1 Å². The maximum Gasteiger partial charge on any atom is 0.257 e. The quantitative estimate of drug-likeness (QED) is 0.634. The Morgan fingerprint density at radius 1 is 1.06 bits per heavy atom. The summed E-state index contributed by atoms with van der Waals surface area (Å²) < 4.78 is 33.3. The second-order valence-corrected chi connectivity index (χ2v) is 8.66. The topological polar surface area (TPSA) is 70.7 Å². The van der Waals surface area contributed by atoms with E-state index in [1.807, 2.05) is 24.3 Å². The minimum absolute atomic E-state index is 0.0326. The first-order valence-electron chi connectivity index (χ1n) is 11.2. The number of nitrogens with one attached hydrogen (secondary N) is 2. The molecule has 0 bridgehead atoms. The molecule has 1 aliphatic heterocycles. The first-order valence-corrected chi connectivity index (χ1v) is 11.2. The fourth-order valence-corrected chi connectivity index (χ4v) is 4.06. The lowest BCUT2D eigenvalue weighted by molar-refractivity contribution is -0.125. The van der Waals surface area contributed by atoms with E-state index in [1.54, 1.807) is 21.0 Å². The maximum absolute atomic E-state index is 14.0. The number of likely N-dealkylation sites (tertiary alicyclic amines) is 1. The molecule has 1 aliphatic rings. The largest absolute Gasteiger partial charge is 0.496 e. The van der Waals surface area contributed by atoms with Crippen LogP contribution in [0, 0.1) is 17.6 Å². The van der Waals surface area contributed by atoms with E-state index in [2.05, 4.69) is 15.5 Å². The van der Waals surface area contributed by atoms with Gasteiger partial charge in [-0.05, 0) is 37.0 Å². The van der Waals surface area contributed by atoms with Crippen LogP contribution in [0.25, 0.3) is 0 Å². The Morgan fingerprint density at radius 3 is 2.30 bits per heavy atom. The Morgan fingerprint density at radius 2 is 1.70 bits per heavy atom. The van der Waals surface area contributed by atoms with Gasteiger partial charge < -0.3 is 15.4 Å². The number of para-hydroxylation sites is 1. The molecule has 2 aromatic carbocycles. The summed E-state index contributed by atoms with van der Waals surface area (Å²) in [5.74, 6) is -2.61. The molecule has 1 fully saturated rings. The SMILES string of the molecule is COc1ccccc1CN1CCC(NC(=O)[C@@H](NC(=O)c2c(F)cccc2F)C(C)C)CC1. The fourth-order valence-electron chi connectivity index (χ4n) is 4.06. The standard InChI is InChI=1S/C25H31F2N3O3/c1-16(2)23(29-24(31)22-19(26)8-6-9-20(22)27)25(32)28-18-11-13-30(14-12-18)15-17-7-4-5-10-21(17)33-3/h4-10,16,18,23H,11-15H2,1-3H3,(H,28,32)(H,29,31)/t23-/m0/s1. The minimum atomic E-state index is -0.960. The van der Waals surface area contributed by atoms with Crippen molar-refractivity contribution in [3.63, 3.8) is 0 Å². The van der Waals surface area contributed by atoms with E-state index in [0.717, 1.165) is 55.9 Å². The normalized spacial score (nSPS) is 15.8. The number of nitrogens with zero attached hydrogens (tertiary/aromatic N) is 1. The number of rotatable bonds is 8. The van der Waals surface area contributed by atoms with Gasteiger partial charge in [-0.25, -0.2) is 8.78 Å². The third-order valence-electron chi connectivity index (χ3n) is 5.95. The second-order valence-electron chi connectivity index (χ2n) is 8.66. The van der Waals surface area contributed by atoms with E-state index in [9.17, 15) is 18.4 Å². The molecule has 6 nitrogen and oxygen atoms in total. The van der Waals surface area contributed by atoms with Crippen molar-refractivity contribution in [3.8, 4) is 5.75 Å². The van der Waals surface area contributed by atoms with Crippen LogP contribution in [0.3, 0.4) is 0 Å². The monoisotopic (exact) mass is 459 g/mol. The number of hydrogen-bond acceptors (Lipinski definition) is 4. The zero-order valence-corrected chi connectivity index (χ0v) is 19.2. The molecular formula is C25H31F2N3O3. The Balaban J connectivity index is 1.55. The second kappa shape index (κ2) is 11.2. The highest BCUT2D eigenvalue weighted by molar-refractivity contribution is 5.98. The number of methoxy groups -OCH3 is 1. The summed E-state index contributed by atoms with van der Waals surface area (Å²) in [5, 5.41) is 5.50. The van der Waals surface area contributed by atoms with Crippen LogP contribution in [0.5, 0.6) is 5.75 Å². The molecule has 178 valence electrons. The molecule has 2 N–H and O–H groups in total. The molecule has 0 unspecified atom stereocenters. The number of hydrogen-bond donors (Lipinski definition) is 2. The van der Waals surface area contributed by atoms with Gasteiger partial charge in [-0.2, -0.15) is 0 Å². The van der Waals surface area contributed by atoms with E-state index in [4.69, 9.17) is 4.74 Å². The average molecular weight is 460 g/mol. The number of halogens is 2. The molecule has 1 atom stereocenters. The maximum atomic E-state index is 14.0. The Labute approximate surface area is 193 Å². The molecule has 1 saturated heterocycles. The van der Waals surface area contributed by atoms with Gasteiger partial charge in [0, 0.05) is 31.2 Å². The third-order valence-corrected chi connectivity index (χ3v) is 5.95. The molecule has 2 amide bonds. The molecule has 0 aromatic heterocycles. The summed E-state index contributed by atoms with van der Waals surface area (Å²) in [6.45, 7) is 5.93. The summed E-state index contributed by atoms with van der Waals surface area (Å²) in [7, 11) is 1.66. The van der Waals surface area contributed by atoms with Crippen molar-refractivity contribution in [2.45, 2.75) is 45.3 Å². The highest BCUT2D eigenvalue weighted by Crippen LogP contribution is 2.22. The summed E-state index contributed by atoms with van der Waals surface area (Å²) in [6, 6.07) is 10.2. The van der Waals surface area contributed by atoms with Crippen molar-refractivity contribution >= 4 is 11.8 Å². The molecule has 0 aliphatic carbocycles. The number of piperidine rings is 1. The molecule has 33 heavy (non-hydrogen) atoms. The Hall–Kier alpha value is -3.00. The Kier molecular flexibility index (Phi) is 8.38. The van der Waals surface area contributed by atoms with Crippen LogP contribution in [0.1, 0.15) is 42.6 Å². The molecule has 0 saturated carbocycles. The van der Waals surface area contributed by atoms with Gasteiger partial charge >= 0.3 is 0 Å². The Bertz CT molecular complexity index is 955. The first-order chi connectivity index (χ1) is 15.8. The van der Waals surface area contributed by atoms with Gasteiger partial charge in [0.2, 0.25) is 5.91 Å². The van der Waals surface area contributed by atoms with E-state index < -0.39 is 29.1 Å². The number of benzene rings is 2. The van der Waals surface area contributed by atoms with Gasteiger partial charge in [-0.15, -0.1) is 0 Å². The van der Waals surface area contributed by atoms with Crippen LogP contribution in [0.2, 0.25) is 0 Å². The number of amides is 2. The van der Waals surface area contributed by atoms with Crippen LogP contribution in [-0.2, 0) is 11.3 Å². The number of carbonyl (C=O) groups is 2. The zero-order chi connectivity index (χ0) is 24.0. The highest BCUT2D eigenvalue weighted by Gasteiger charge is 2.30. The third kappa shape index (κ3) is 6.28. The van der Waals surface area contributed by atoms with Crippen molar-refractivity contribution in [3.05, 3.63) is 65.2 Å². The van der Waals surface area contributed by atoms with E-state index in [1.165, 1.54) is 6.07 Å². The fraction of sp³-hybridized carbons (Fsp3) is 0.440. The van der Waals surface area contributed by atoms with Crippen molar-refractivity contribution in [2.24, 2.45) is 5.92 Å². The molecule has 8 heteroatoms. The van der Waals surface area contributed by atoms with Crippen molar-refractivity contribution in [1.29, 1.82) is 0 Å².